The molecule has 0 radical (unpaired) electrons. The predicted octanol–water partition coefficient (Wildman–Crippen LogP) is 6.15. The minimum atomic E-state index is -0.704. The molecule has 6 nitrogen and oxygen atoms in total. The summed E-state index contributed by atoms with van der Waals surface area (Å²) in [7, 11) is 1.60. The number of rotatable bonds is 5. The maximum atomic E-state index is 12.8. The smallest absolute Gasteiger partial charge is 0.241 e. The summed E-state index contributed by atoms with van der Waals surface area (Å²) in [5.74, 6) is 0.620. The van der Waals surface area contributed by atoms with Gasteiger partial charge in [0, 0.05) is 28.4 Å². The molecule has 0 unspecified atom stereocenters. The maximum Gasteiger partial charge on any atom is 0.241 e. The van der Waals surface area contributed by atoms with Crippen molar-refractivity contribution in [3.63, 3.8) is 0 Å². The molecule has 1 N–H and O–H groups in total. The summed E-state index contributed by atoms with van der Waals surface area (Å²) in [6.45, 7) is 6.80. The number of hydrogen-bond acceptors (Lipinski definition) is 4. The summed E-state index contributed by atoms with van der Waals surface area (Å²) in [5.41, 5.74) is 5.96. The third-order valence-electron chi connectivity index (χ3n) is 7.82. The molecule has 3 heterocycles. The quantitative estimate of drug-likeness (QED) is 0.340. The van der Waals surface area contributed by atoms with Crippen LogP contribution in [0.4, 0.5) is 5.69 Å². The highest BCUT2D eigenvalue weighted by Gasteiger charge is 2.60. The number of carbonyl (C=O) groups excluding carboxylic acids is 1. The number of amides is 1. The van der Waals surface area contributed by atoms with Crippen LogP contribution in [0.5, 0.6) is 5.75 Å². The van der Waals surface area contributed by atoms with Crippen molar-refractivity contribution in [3.8, 4) is 22.7 Å². The van der Waals surface area contributed by atoms with E-state index in [1.54, 1.807) is 7.11 Å². The van der Waals surface area contributed by atoms with E-state index in [-0.39, 0.29) is 11.3 Å². The van der Waals surface area contributed by atoms with E-state index in [2.05, 4.69) is 61.3 Å². The molecule has 192 valence electrons. The van der Waals surface area contributed by atoms with Gasteiger partial charge in [0.15, 0.2) is 0 Å². The minimum absolute atomic E-state index is 0.0103. The molecule has 7 heteroatoms. The number of nitrogens with one attached hydrogen (secondary N) is 1. The molecule has 1 saturated heterocycles. The van der Waals surface area contributed by atoms with Crippen molar-refractivity contribution in [3.05, 3.63) is 101 Å². The standard InChI is InChI=1S/C31H29ClN4O2/c1-20-10-12-26-24(16-20)30(2,3)31(33-28(37)19-35(26)31)15-14-22-18-36(23-8-6-5-7-9-23)34-29(22)21-11-13-27(38-4)25(32)17-21/h5-18H,19H2,1-4H3,(H,33,37)/b15-14+/t31-/m1/s1. The number of nitrogens with zero attached hydrogens (tertiary/aromatic N) is 3. The monoisotopic (exact) mass is 524 g/mol. The van der Waals surface area contributed by atoms with Crippen LogP contribution < -0.4 is 15.0 Å². The number of aromatic nitrogens is 2. The van der Waals surface area contributed by atoms with Crippen molar-refractivity contribution in [1.82, 2.24) is 15.1 Å². The van der Waals surface area contributed by atoms with Gasteiger partial charge in [-0.2, -0.15) is 5.10 Å². The number of ether oxygens (including phenoxy) is 1. The van der Waals surface area contributed by atoms with Crippen molar-refractivity contribution in [2.24, 2.45) is 0 Å². The first-order valence-electron chi connectivity index (χ1n) is 12.6. The first kappa shape index (κ1) is 24.3. The predicted molar refractivity (Wildman–Crippen MR) is 152 cm³/mol. The molecule has 3 aromatic carbocycles. The molecule has 2 aliphatic rings. The lowest BCUT2D eigenvalue weighted by Crippen LogP contribution is -2.58. The number of para-hydroxylation sites is 1. The molecule has 2 aliphatic heterocycles. The van der Waals surface area contributed by atoms with E-state index in [0.29, 0.717) is 17.3 Å². The van der Waals surface area contributed by atoms with Gasteiger partial charge in [0.1, 0.15) is 11.4 Å². The number of halogens is 1. The van der Waals surface area contributed by atoms with E-state index >= 15 is 0 Å². The van der Waals surface area contributed by atoms with Crippen molar-refractivity contribution < 1.29 is 9.53 Å². The van der Waals surface area contributed by atoms with Crippen LogP contribution in [-0.4, -0.2) is 35.0 Å². The third kappa shape index (κ3) is 3.63. The molecule has 1 amide bonds. The number of hydrogen-bond donors (Lipinski definition) is 1. The molecule has 0 bridgehead atoms. The third-order valence-corrected chi connectivity index (χ3v) is 8.11. The van der Waals surface area contributed by atoms with Crippen LogP contribution in [0.15, 0.2) is 79.0 Å². The number of aryl methyl sites for hydroxylation is 1. The summed E-state index contributed by atoms with van der Waals surface area (Å²) in [4.78, 5) is 15.0. The number of carbonyl (C=O) groups is 1. The Morgan fingerprint density at radius 1 is 1.08 bits per heavy atom. The summed E-state index contributed by atoms with van der Waals surface area (Å²) in [6, 6.07) is 22.1. The Hall–Kier alpha value is -4.03. The van der Waals surface area contributed by atoms with Crippen LogP contribution in [0.1, 0.15) is 30.5 Å². The molecule has 1 fully saturated rings. The molecule has 1 atom stereocenters. The van der Waals surface area contributed by atoms with Gasteiger partial charge in [-0.15, -0.1) is 0 Å². The molecular formula is C31H29ClN4O2. The Bertz CT molecular complexity index is 1590. The molecular weight excluding hydrogens is 496 g/mol. The van der Waals surface area contributed by atoms with E-state index in [1.807, 2.05) is 59.4 Å². The Morgan fingerprint density at radius 3 is 2.61 bits per heavy atom. The topological polar surface area (TPSA) is 59.4 Å². The zero-order chi connectivity index (χ0) is 26.7. The fourth-order valence-corrected chi connectivity index (χ4v) is 6.02. The Balaban J connectivity index is 1.49. The van der Waals surface area contributed by atoms with Crippen molar-refractivity contribution in [1.29, 1.82) is 0 Å². The highest BCUT2D eigenvalue weighted by atomic mass is 35.5. The Labute approximate surface area is 227 Å². The number of fused-ring (bicyclic) bond motifs is 3. The molecule has 0 spiro atoms. The van der Waals surface area contributed by atoms with Gasteiger partial charge in [-0.3, -0.25) is 4.79 Å². The zero-order valence-electron chi connectivity index (χ0n) is 21.8. The molecule has 38 heavy (non-hydrogen) atoms. The maximum absolute atomic E-state index is 12.8. The highest BCUT2D eigenvalue weighted by Crippen LogP contribution is 2.53. The number of benzene rings is 3. The van der Waals surface area contributed by atoms with Crippen LogP contribution in [0.3, 0.4) is 0 Å². The summed E-state index contributed by atoms with van der Waals surface area (Å²) in [6.07, 6.45) is 6.20. The Kier molecular flexibility index (Phi) is 5.61. The van der Waals surface area contributed by atoms with Crippen LogP contribution in [-0.2, 0) is 10.2 Å². The van der Waals surface area contributed by atoms with Gasteiger partial charge >= 0.3 is 0 Å². The van der Waals surface area contributed by atoms with Crippen LogP contribution >= 0.6 is 11.6 Å². The summed E-state index contributed by atoms with van der Waals surface area (Å²) in [5, 5.41) is 8.77. The summed E-state index contributed by atoms with van der Waals surface area (Å²) < 4.78 is 7.23. The molecule has 6 rings (SSSR count). The van der Waals surface area contributed by atoms with Gasteiger partial charge in [0.05, 0.1) is 30.1 Å². The fourth-order valence-electron chi connectivity index (χ4n) is 5.76. The van der Waals surface area contributed by atoms with Crippen LogP contribution in [0, 0.1) is 6.92 Å². The van der Waals surface area contributed by atoms with Gasteiger partial charge in [-0.05, 0) is 55.0 Å². The van der Waals surface area contributed by atoms with E-state index in [4.69, 9.17) is 21.4 Å². The zero-order valence-corrected chi connectivity index (χ0v) is 22.6. The average Bonchev–Trinajstić information content (AvgIpc) is 3.53. The molecule has 4 aromatic rings. The lowest BCUT2D eigenvalue weighted by atomic mass is 9.75. The summed E-state index contributed by atoms with van der Waals surface area (Å²) >= 11 is 6.49. The molecule has 0 saturated carbocycles. The van der Waals surface area contributed by atoms with Crippen molar-refractivity contribution >= 4 is 29.3 Å². The number of anilines is 1. The van der Waals surface area contributed by atoms with Crippen LogP contribution in [0.2, 0.25) is 5.02 Å². The normalized spacial score (nSPS) is 19.5. The fraction of sp³-hybridized carbons (Fsp3) is 0.226. The average molecular weight is 525 g/mol. The second kappa shape index (κ2) is 8.77. The van der Waals surface area contributed by atoms with E-state index in [1.165, 1.54) is 11.1 Å². The van der Waals surface area contributed by atoms with Gasteiger partial charge < -0.3 is 15.0 Å². The Morgan fingerprint density at radius 2 is 1.87 bits per heavy atom. The number of methoxy groups -OCH3 is 1. The van der Waals surface area contributed by atoms with Gasteiger partial charge in [-0.1, -0.05) is 67.4 Å². The second-order valence-electron chi connectivity index (χ2n) is 10.4. The van der Waals surface area contributed by atoms with Crippen molar-refractivity contribution in [2.45, 2.75) is 31.8 Å². The first-order valence-corrected chi connectivity index (χ1v) is 13.0. The van der Waals surface area contributed by atoms with Crippen LogP contribution in [0.25, 0.3) is 23.0 Å². The lowest BCUT2D eigenvalue weighted by Gasteiger charge is -2.40. The molecule has 0 aliphatic carbocycles. The molecule has 1 aromatic heterocycles. The first-order chi connectivity index (χ1) is 18.2. The SMILES string of the molecule is COc1ccc(-c2nn(-c3ccccc3)cc2/C=C/[C@@]23NC(=O)CN2c2ccc(C)cc2C3(C)C)cc1Cl. The second-order valence-corrected chi connectivity index (χ2v) is 10.8. The largest absolute Gasteiger partial charge is 0.495 e. The van der Waals surface area contributed by atoms with E-state index in [0.717, 1.165) is 28.2 Å². The lowest BCUT2D eigenvalue weighted by molar-refractivity contribution is -0.118. The van der Waals surface area contributed by atoms with E-state index in [9.17, 15) is 4.79 Å². The minimum Gasteiger partial charge on any atom is -0.495 e. The van der Waals surface area contributed by atoms with Gasteiger partial charge in [0.25, 0.3) is 0 Å². The van der Waals surface area contributed by atoms with Gasteiger partial charge in [0.2, 0.25) is 5.91 Å². The highest BCUT2D eigenvalue weighted by molar-refractivity contribution is 6.32. The van der Waals surface area contributed by atoms with E-state index < -0.39 is 5.66 Å². The van der Waals surface area contributed by atoms with Gasteiger partial charge in [-0.25, -0.2) is 4.68 Å². The van der Waals surface area contributed by atoms with Crippen molar-refractivity contribution in [2.75, 3.05) is 18.6 Å².